The Morgan fingerprint density at radius 3 is 1.98 bits per heavy atom. The molecule has 1 aliphatic heterocycles. The molecule has 2 aromatic rings. The zero-order valence-corrected chi connectivity index (χ0v) is 25.0. The van der Waals surface area contributed by atoms with Crippen LogP contribution in [0.1, 0.15) is 64.5 Å². The fourth-order valence-corrected chi connectivity index (χ4v) is 5.41. The fraction of sp³-hybridized carbons (Fsp3) is 0.552. The Morgan fingerprint density at radius 1 is 1.00 bits per heavy atom. The minimum atomic E-state index is -2.74. The van der Waals surface area contributed by atoms with E-state index >= 15 is 0 Å². The third-order valence-corrected chi connectivity index (χ3v) is 6.85. The van der Waals surface area contributed by atoms with Gasteiger partial charge in [-0.2, -0.15) is 0 Å². The van der Waals surface area contributed by atoms with Gasteiger partial charge in [-0.05, 0) is 46.6 Å². The molecule has 0 bridgehead atoms. The maximum atomic E-state index is 10.3. The molecule has 3 rings (SSSR count). The smallest absolute Gasteiger partial charge is 0.336 e. The number of methoxy groups -OCH3 is 1. The Morgan fingerprint density at radius 2 is 1.52 bits per heavy atom. The van der Waals surface area contributed by atoms with E-state index in [2.05, 4.69) is 65.3 Å². The Bertz CT molecular complexity index is 1190. The SMILES string of the molecule is CNc1ncc(CN(Cc2ccccc2OC)C2CC(C)(C)NC(C)(C)C2)cn1.O=C(O)CC(O)(CC(=O)O)C(=O)O. The molecule has 0 amide bonds. The van der Waals surface area contributed by atoms with E-state index in [1.54, 1.807) is 7.11 Å². The summed E-state index contributed by atoms with van der Waals surface area (Å²) < 4.78 is 5.62. The first-order valence-corrected chi connectivity index (χ1v) is 13.5. The van der Waals surface area contributed by atoms with Crippen molar-refractivity contribution in [3.8, 4) is 5.75 Å². The topological polar surface area (TPSA) is 194 Å². The Hall–Kier alpha value is -3.81. The van der Waals surface area contributed by atoms with Crippen molar-refractivity contribution < 1.29 is 39.5 Å². The van der Waals surface area contributed by atoms with Crippen LogP contribution in [0.25, 0.3) is 0 Å². The largest absolute Gasteiger partial charge is 0.496 e. The van der Waals surface area contributed by atoms with Crippen LogP contribution in [0.2, 0.25) is 0 Å². The number of carboxylic acid groups (broad SMARTS) is 3. The lowest BCUT2D eigenvalue weighted by atomic mass is 9.79. The average Bonchev–Trinajstić information content (AvgIpc) is 2.86. The molecule has 1 saturated heterocycles. The standard InChI is InChI=1S/C23H35N5O.C6H8O7/c1-22(2)11-19(12-23(3,4)27-22)28(15-17-13-25-21(24-5)26-14-17)16-18-9-7-8-10-20(18)29-6;7-3(8)1-6(13,5(11)12)2-4(9)10/h7-10,13-14,19,27H,11-12,15-16H2,1-6H3,(H,24,25,26);13H,1-2H2,(H,7,8)(H,9,10)(H,11,12). The summed E-state index contributed by atoms with van der Waals surface area (Å²) in [5.74, 6) is -3.43. The zero-order valence-electron chi connectivity index (χ0n) is 25.0. The lowest BCUT2D eigenvalue weighted by Crippen LogP contribution is -2.62. The molecule has 1 fully saturated rings. The molecule has 232 valence electrons. The Labute approximate surface area is 245 Å². The third-order valence-electron chi connectivity index (χ3n) is 6.85. The van der Waals surface area contributed by atoms with Gasteiger partial charge in [0.1, 0.15) is 5.75 Å². The van der Waals surface area contributed by atoms with Gasteiger partial charge in [-0.1, -0.05) is 18.2 Å². The number of rotatable bonds is 12. The minimum Gasteiger partial charge on any atom is -0.496 e. The van der Waals surface area contributed by atoms with Crippen LogP contribution >= 0.6 is 0 Å². The number of anilines is 1. The van der Waals surface area contributed by atoms with Crippen LogP contribution < -0.4 is 15.4 Å². The van der Waals surface area contributed by atoms with E-state index in [0.717, 1.165) is 37.2 Å². The first kappa shape index (κ1) is 34.4. The number of carboxylic acids is 3. The van der Waals surface area contributed by atoms with Crippen LogP contribution in [0, 0.1) is 0 Å². The second kappa shape index (κ2) is 14.4. The van der Waals surface area contributed by atoms with E-state index in [9.17, 15) is 14.4 Å². The molecule has 0 spiro atoms. The molecule has 0 radical (unpaired) electrons. The van der Waals surface area contributed by atoms with Gasteiger partial charge in [-0.15, -0.1) is 0 Å². The predicted molar refractivity (Wildman–Crippen MR) is 155 cm³/mol. The Kier molecular flexibility index (Phi) is 11.8. The van der Waals surface area contributed by atoms with Crippen molar-refractivity contribution in [1.29, 1.82) is 0 Å². The van der Waals surface area contributed by atoms with Crippen LogP contribution in [0.15, 0.2) is 36.7 Å². The molecule has 42 heavy (non-hydrogen) atoms. The van der Waals surface area contributed by atoms with Gasteiger partial charge in [-0.25, -0.2) is 14.8 Å². The van der Waals surface area contributed by atoms with E-state index in [1.165, 1.54) is 5.56 Å². The number of aliphatic carboxylic acids is 3. The van der Waals surface area contributed by atoms with Crippen molar-refractivity contribution in [2.24, 2.45) is 0 Å². The summed E-state index contributed by atoms with van der Waals surface area (Å²) in [4.78, 5) is 41.9. The summed E-state index contributed by atoms with van der Waals surface area (Å²) in [6, 6.07) is 8.73. The molecule has 1 aromatic carbocycles. The summed E-state index contributed by atoms with van der Waals surface area (Å²) in [6.07, 6.45) is 3.72. The number of ether oxygens (including phenoxy) is 1. The highest BCUT2D eigenvalue weighted by molar-refractivity contribution is 5.88. The highest BCUT2D eigenvalue weighted by Gasteiger charge is 2.41. The number of nitrogens with one attached hydrogen (secondary N) is 2. The van der Waals surface area contributed by atoms with Gasteiger partial charge >= 0.3 is 17.9 Å². The summed E-state index contributed by atoms with van der Waals surface area (Å²) in [6.45, 7) is 10.8. The Balaban J connectivity index is 0.000000401. The van der Waals surface area contributed by atoms with Crippen molar-refractivity contribution >= 4 is 23.9 Å². The lowest BCUT2D eigenvalue weighted by Gasteiger charge is -2.49. The molecule has 6 N–H and O–H groups in total. The van der Waals surface area contributed by atoms with E-state index in [1.807, 2.05) is 31.6 Å². The second-order valence-electron chi connectivity index (χ2n) is 11.8. The first-order valence-electron chi connectivity index (χ1n) is 13.5. The number of hydrogen-bond donors (Lipinski definition) is 6. The number of carbonyl (C=O) groups is 3. The number of para-hydroxylation sites is 1. The quantitative estimate of drug-likeness (QED) is 0.212. The predicted octanol–water partition coefficient (Wildman–Crippen LogP) is 2.59. The first-order chi connectivity index (χ1) is 19.5. The summed E-state index contributed by atoms with van der Waals surface area (Å²) in [5, 5.41) is 40.6. The van der Waals surface area contributed by atoms with Crippen LogP contribution in [0.4, 0.5) is 5.95 Å². The maximum Gasteiger partial charge on any atom is 0.336 e. The van der Waals surface area contributed by atoms with Gasteiger partial charge in [0, 0.05) is 60.8 Å². The fourth-order valence-electron chi connectivity index (χ4n) is 5.41. The van der Waals surface area contributed by atoms with Gasteiger partial charge in [0.05, 0.1) is 20.0 Å². The second-order valence-corrected chi connectivity index (χ2v) is 11.8. The maximum absolute atomic E-state index is 10.3. The number of nitrogens with zero attached hydrogens (tertiary/aromatic N) is 3. The lowest BCUT2D eigenvalue weighted by molar-refractivity contribution is -0.170. The van der Waals surface area contributed by atoms with Crippen molar-refractivity contribution in [3.05, 3.63) is 47.8 Å². The van der Waals surface area contributed by atoms with E-state index in [4.69, 9.17) is 25.2 Å². The molecule has 0 aliphatic carbocycles. The normalized spacial score (nSPS) is 16.2. The van der Waals surface area contributed by atoms with Crippen LogP contribution in [-0.4, -0.2) is 90.1 Å². The van der Waals surface area contributed by atoms with E-state index in [-0.39, 0.29) is 11.1 Å². The molecule has 0 saturated carbocycles. The number of benzene rings is 1. The van der Waals surface area contributed by atoms with E-state index < -0.39 is 36.4 Å². The van der Waals surface area contributed by atoms with Gasteiger partial charge < -0.3 is 35.8 Å². The highest BCUT2D eigenvalue weighted by Crippen LogP contribution is 2.34. The number of aliphatic hydroxyl groups is 1. The summed E-state index contributed by atoms with van der Waals surface area (Å²) in [5.41, 5.74) is -0.252. The molecular formula is C29H43N5O8. The molecule has 2 heterocycles. The van der Waals surface area contributed by atoms with Crippen molar-refractivity contribution in [3.63, 3.8) is 0 Å². The van der Waals surface area contributed by atoms with Crippen LogP contribution in [-0.2, 0) is 27.5 Å². The van der Waals surface area contributed by atoms with Crippen LogP contribution in [0.5, 0.6) is 5.75 Å². The highest BCUT2D eigenvalue weighted by atomic mass is 16.5. The molecule has 1 aromatic heterocycles. The molecule has 0 unspecified atom stereocenters. The van der Waals surface area contributed by atoms with Gasteiger partial charge in [0.25, 0.3) is 0 Å². The van der Waals surface area contributed by atoms with Crippen LogP contribution in [0.3, 0.4) is 0 Å². The number of piperidine rings is 1. The molecule has 0 atom stereocenters. The summed E-state index contributed by atoms with van der Waals surface area (Å²) >= 11 is 0. The third kappa shape index (κ3) is 10.5. The molecular weight excluding hydrogens is 546 g/mol. The number of aromatic nitrogens is 2. The van der Waals surface area contributed by atoms with Crippen molar-refractivity contribution in [2.75, 3.05) is 19.5 Å². The molecule has 13 nitrogen and oxygen atoms in total. The van der Waals surface area contributed by atoms with Crippen molar-refractivity contribution in [2.45, 2.75) is 89.2 Å². The zero-order chi connectivity index (χ0) is 31.7. The number of hydrogen-bond acceptors (Lipinski definition) is 10. The van der Waals surface area contributed by atoms with Gasteiger partial charge in [-0.3, -0.25) is 14.5 Å². The summed E-state index contributed by atoms with van der Waals surface area (Å²) in [7, 11) is 3.58. The van der Waals surface area contributed by atoms with Gasteiger partial charge in [0.15, 0.2) is 5.60 Å². The van der Waals surface area contributed by atoms with Crippen molar-refractivity contribution in [1.82, 2.24) is 20.2 Å². The monoisotopic (exact) mass is 589 g/mol. The van der Waals surface area contributed by atoms with Gasteiger partial charge in [0.2, 0.25) is 5.95 Å². The molecule has 13 heteroatoms. The average molecular weight is 590 g/mol. The molecule has 1 aliphatic rings. The minimum absolute atomic E-state index is 0.0813. The van der Waals surface area contributed by atoms with E-state index in [0.29, 0.717) is 12.0 Å².